The van der Waals surface area contributed by atoms with Crippen LogP contribution in [0.4, 0.5) is 0 Å². The summed E-state index contributed by atoms with van der Waals surface area (Å²) in [6.45, 7) is 0.385. The first-order chi connectivity index (χ1) is 15.4. The molecular weight excluding hydrogens is 452 g/mol. The maximum absolute atomic E-state index is 13.1. The van der Waals surface area contributed by atoms with Crippen LogP contribution in [0.15, 0.2) is 53.6 Å². The molecule has 9 heteroatoms. The number of nitrogens with zero attached hydrogens (tertiary/aromatic N) is 1. The summed E-state index contributed by atoms with van der Waals surface area (Å²) in [5, 5.41) is 0.784. The van der Waals surface area contributed by atoms with Crippen LogP contribution in [0.3, 0.4) is 0 Å². The number of rotatable bonds is 6. The van der Waals surface area contributed by atoms with Crippen LogP contribution in [0.25, 0.3) is 10.9 Å². The molecule has 0 amide bonds. The van der Waals surface area contributed by atoms with Crippen molar-refractivity contribution >= 4 is 44.3 Å². The number of H-pyrrole nitrogens is 1. The van der Waals surface area contributed by atoms with E-state index in [9.17, 15) is 18.0 Å². The van der Waals surface area contributed by atoms with Crippen molar-refractivity contribution in [2.45, 2.75) is 30.6 Å². The molecule has 0 unspecified atom stereocenters. The van der Waals surface area contributed by atoms with Crippen molar-refractivity contribution in [3.05, 3.63) is 64.8 Å². The van der Waals surface area contributed by atoms with Crippen molar-refractivity contribution in [2.75, 3.05) is 19.7 Å². The third-order valence-corrected chi connectivity index (χ3v) is 7.95. The second kappa shape index (κ2) is 9.44. The monoisotopic (exact) mass is 474 g/mol. The number of carbonyl (C=O) groups excluding carboxylic acids is 2. The van der Waals surface area contributed by atoms with Crippen molar-refractivity contribution in [3.8, 4) is 0 Å². The van der Waals surface area contributed by atoms with Gasteiger partial charge in [0.05, 0.1) is 10.6 Å². The number of halogens is 1. The molecule has 2 heterocycles. The Morgan fingerprint density at radius 3 is 2.50 bits per heavy atom. The van der Waals surface area contributed by atoms with E-state index in [4.69, 9.17) is 16.3 Å². The van der Waals surface area contributed by atoms with Gasteiger partial charge in [-0.3, -0.25) is 4.79 Å². The number of benzene rings is 2. The summed E-state index contributed by atoms with van der Waals surface area (Å²) in [6, 6.07) is 11.3. The number of aromatic amines is 1. The number of sulfonamides is 1. The second-order valence-electron chi connectivity index (χ2n) is 7.71. The Bertz CT molecular complexity index is 1260. The molecule has 0 bridgehead atoms. The smallest absolute Gasteiger partial charge is 0.338 e. The molecule has 1 N–H and O–H groups in total. The summed E-state index contributed by atoms with van der Waals surface area (Å²) in [5.74, 6) is -1.15. The van der Waals surface area contributed by atoms with Gasteiger partial charge in [-0.05, 0) is 37.1 Å². The van der Waals surface area contributed by atoms with Gasteiger partial charge in [0.2, 0.25) is 15.8 Å². The van der Waals surface area contributed by atoms with E-state index in [1.165, 1.54) is 22.5 Å². The molecule has 0 saturated carbocycles. The van der Waals surface area contributed by atoms with E-state index in [2.05, 4.69) is 4.98 Å². The topological polar surface area (TPSA) is 96.5 Å². The predicted molar refractivity (Wildman–Crippen MR) is 122 cm³/mol. The molecule has 32 heavy (non-hydrogen) atoms. The highest BCUT2D eigenvalue weighted by Crippen LogP contribution is 2.28. The molecule has 1 aliphatic rings. The Kier molecular flexibility index (Phi) is 6.64. The number of Topliss-reactive ketones (excluding diaryl/α,β-unsaturated/α-hetero) is 1. The lowest BCUT2D eigenvalue weighted by Gasteiger charge is -2.21. The number of carbonyl (C=O) groups is 2. The SMILES string of the molecule is O=C(OCC(=O)c1c[nH]c2ccccc12)c1ccc(Cl)c(S(=O)(=O)N2CCCCCC2)c1. The molecule has 168 valence electrons. The molecule has 1 aliphatic heterocycles. The molecule has 3 aromatic rings. The summed E-state index contributed by atoms with van der Waals surface area (Å²) in [4.78, 5) is 28.0. The molecule has 2 aromatic carbocycles. The Hall–Kier alpha value is -2.68. The Morgan fingerprint density at radius 1 is 1.03 bits per heavy atom. The lowest BCUT2D eigenvalue weighted by molar-refractivity contribution is 0.0475. The minimum absolute atomic E-state index is 0.0227. The molecule has 7 nitrogen and oxygen atoms in total. The highest BCUT2D eigenvalue weighted by atomic mass is 35.5. The van der Waals surface area contributed by atoms with Crippen LogP contribution in [-0.2, 0) is 14.8 Å². The van der Waals surface area contributed by atoms with Gasteiger partial charge in [-0.25, -0.2) is 13.2 Å². The van der Waals surface area contributed by atoms with Crippen LogP contribution in [0.1, 0.15) is 46.4 Å². The number of hydrogen-bond donors (Lipinski definition) is 1. The van der Waals surface area contributed by atoms with E-state index < -0.39 is 22.6 Å². The number of hydrogen-bond acceptors (Lipinski definition) is 5. The fourth-order valence-electron chi connectivity index (χ4n) is 3.84. The van der Waals surface area contributed by atoms with Gasteiger partial charge in [0.25, 0.3) is 0 Å². The number of esters is 1. The number of ketones is 1. The zero-order chi connectivity index (χ0) is 22.7. The standard InChI is InChI=1S/C23H23ClN2O5S/c24-19-10-9-16(13-22(19)32(29,30)26-11-5-1-2-6-12-26)23(28)31-15-21(27)18-14-25-20-8-4-3-7-17(18)20/h3-4,7-10,13-14,25H,1-2,5-6,11-12,15H2. The van der Waals surface area contributed by atoms with Crippen molar-refractivity contribution in [2.24, 2.45) is 0 Å². The van der Waals surface area contributed by atoms with Gasteiger partial charge in [-0.2, -0.15) is 4.31 Å². The molecule has 0 aliphatic carbocycles. The Morgan fingerprint density at radius 2 is 1.75 bits per heavy atom. The highest BCUT2D eigenvalue weighted by molar-refractivity contribution is 7.89. The van der Waals surface area contributed by atoms with Gasteiger partial charge in [-0.1, -0.05) is 42.6 Å². The number of fused-ring (bicyclic) bond motifs is 1. The Labute approximate surface area is 191 Å². The normalized spacial score (nSPS) is 15.4. The lowest BCUT2D eigenvalue weighted by atomic mass is 10.1. The summed E-state index contributed by atoms with van der Waals surface area (Å²) >= 11 is 6.18. The van der Waals surface area contributed by atoms with Gasteiger partial charge in [-0.15, -0.1) is 0 Å². The van der Waals surface area contributed by atoms with Gasteiger partial charge in [0.15, 0.2) is 6.61 Å². The van der Waals surface area contributed by atoms with Gasteiger partial charge in [0, 0.05) is 35.8 Å². The van der Waals surface area contributed by atoms with Gasteiger partial charge in [0.1, 0.15) is 4.90 Å². The van der Waals surface area contributed by atoms with Crippen LogP contribution in [0.2, 0.25) is 5.02 Å². The van der Waals surface area contributed by atoms with Crippen LogP contribution in [0, 0.1) is 0 Å². The van der Waals surface area contributed by atoms with Crippen LogP contribution in [-0.4, -0.2) is 49.2 Å². The Balaban J connectivity index is 1.50. The van der Waals surface area contributed by atoms with Crippen molar-refractivity contribution in [1.29, 1.82) is 0 Å². The number of ether oxygens (including phenoxy) is 1. The van der Waals surface area contributed by atoms with E-state index in [-0.39, 0.29) is 21.3 Å². The summed E-state index contributed by atoms with van der Waals surface area (Å²) < 4.78 is 32.8. The first-order valence-electron chi connectivity index (χ1n) is 10.4. The second-order valence-corrected chi connectivity index (χ2v) is 10.0. The number of para-hydroxylation sites is 1. The highest BCUT2D eigenvalue weighted by Gasteiger charge is 2.28. The van der Waals surface area contributed by atoms with Crippen LogP contribution >= 0.6 is 11.6 Å². The van der Waals surface area contributed by atoms with E-state index in [0.29, 0.717) is 18.7 Å². The maximum atomic E-state index is 13.1. The third kappa shape index (κ3) is 4.57. The maximum Gasteiger partial charge on any atom is 0.338 e. The van der Waals surface area contributed by atoms with Crippen molar-refractivity contribution in [1.82, 2.24) is 9.29 Å². The molecule has 4 rings (SSSR count). The van der Waals surface area contributed by atoms with Crippen molar-refractivity contribution in [3.63, 3.8) is 0 Å². The zero-order valence-electron chi connectivity index (χ0n) is 17.3. The minimum Gasteiger partial charge on any atom is -0.454 e. The van der Waals surface area contributed by atoms with Gasteiger partial charge >= 0.3 is 5.97 Å². The van der Waals surface area contributed by atoms with E-state index in [1.807, 2.05) is 18.2 Å². The largest absolute Gasteiger partial charge is 0.454 e. The van der Waals surface area contributed by atoms with Gasteiger partial charge < -0.3 is 9.72 Å². The average Bonchev–Trinajstić information content (AvgIpc) is 3.02. The number of aromatic nitrogens is 1. The van der Waals surface area contributed by atoms with E-state index in [1.54, 1.807) is 12.3 Å². The first-order valence-corrected chi connectivity index (χ1v) is 12.3. The minimum atomic E-state index is -3.84. The fourth-order valence-corrected chi connectivity index (χ4v) is 5.86. The molecule has 0 radical (unpaired) electrons. The molecular formula is C23H23ClN2O5S. The predicted octanol–water partition coefficient (Wildman–Crippen LogP) is 4.43. The molecule has 1 saturated heterocycles. The first kappa shape index (κ1) is 22.5. The third-order valence-electron chi connectivity index (χ3n) is 5.57. The average molecular weight is 475 g/mol. The molecule has 1 aromatic heterocycles. The van der Waals surface area contributed by atoms with Crippen molar-refractivity contribution < 1.29 is 22.7 Å². The lowest BCUT2D eigenvalue weighted by Crippen LogP contribution is -2.32. The summed E-state index contributed by atoms with van der Waals surface area (Å²) in [5.41, 5.74) is 1.26. The van der Waals surface area contributed by atoms with Crippen LogP contribution in [0.5, 0.6) is 0 Å². The number of nitrogens with one attached hydrogen (secondary N) is 1. The molecule has 1 fully saturated rings. The van der Waals surface area contributed by atoms with E-state index >= 15 is 0 Å². The summed E-state index contributed by atoms with van der Waals surface area (Å²) in [6.07, 6.45) is 5.12. The fraction of sp³-hybridized carbons (Fsp3) is 0.304. The van der Waals surface area contributed by atoms with E-state index in [0.717, 1.165) is 36.6 Å². The quantitative estimate of drug-likeness (QED) is 0.421. The molecule has 0 spiro atoms. The van der Waals surface area contributed by atoms with Crippen LogP contribution < -0.4 is 0 Å². The summed E-state index contributed by atoms with van der Waals surface area (Å²) in [7, 11) is -3.84. The zero-order valence-corrected chi connectivity index (χ0v) is 18.9. The molecule has 0 atom stereocenters.